The quantitative estimate of drug-likeness (QED) is 0.793. The van der Waals surface area contributed by atoms with E-state index in [1.807, 2.05) is 0 Å². The Kier molecular flexibility index (Phi) is 4.52. The number of rotatable bonds is 5. The van der Waals surface area contributed by atoms with Crippen molar-refractivity contribution in [3.05, 3.63) is 34.9 Å². The second-order valence-electron chi connectivity index (χ2n) is 6.12. The van der Waals surface area contributed by atoms with Crippen LogP contribution in [0.3, 0.4) is 0 Å². The Balaban J connectivity index is 1.40. The van der Waals surface area contributed by atoms with Gasteiger partial charge in [0, 0.05) is 6.54 Å². The lowest BCUT2D eigenvalue weighted by atomic mass is 9.95. The monoisotopic (exact) mass is 258 g/mol. The maximum absolute atomic E-state index is 3.62. The molecule has 3 rings (SSSR count). The van der Waals surface area contributed by atoms with E-state index in [-0.39, 0.29) is 0 Å². The van der Waals surface area contributed by atoms with E-state index < -0.39 is 0 Å². The minimum atomic E-state index is 0.939. The lowest BCUT2D eigenvalue weighted by molar-refractivity contribution is 0.348. The minimum Gasteiger partial charge on any atom is -0.317 e. The van der Waals surface area contributed by atoms with Gasteiger partial charge in [0.05, 0.1) is 0 Å². The number of piperidine rings is 1. The molecule has 0 saturated carbocycles. The number of fused-ring (bicyclic) bond motifs is 1. The molecule has 0 unspecified atom stereocenters. The Morgan fingerprint density at radius 3 is 2.84 bits per heavy atom. The Hall–Kier alpha value is -0.860. The summed E-state index contributed by atoms with van der Waals surface area (Å²) in [6.45, 7) is 4.64. The molecule has 1 aliphatic heterocycles. The molecule has 0 atom stereocenters. The maximum Gasteiger partial charge on any atom is 0.0205 e. The summed E-state index contributed by atoms with van der Waals surface area (Å²) in [5.41, 5.74) is 4.64. The standard InChI is InChI=1S/C17H26N2/c1-2-16-5-4-15(12-17(16)3-1)13-19-11-8-14-6-9-18-10-7-14/h4-5,12,14,18-19H,1-3,6-11,13H2. The van der Waals surface area contributed by atoms with Crippen LogP contribution in [-0.2, 0) is 19.4 Å². The number of hydrogen-bond donors (Lipinski definition) is 2. The first-order valence-corrected chi connectivity index (χ1v) is 7.94. The van der Waals surface area contributed by atoms with Crippen LogP contribution < -0.4 is 10.6 Å². The molecule has 1 heterocycles. The average molecular weight is 258 g/mol. The molecule has 0 spiro atoms. The highest BCUT2D eigenvalue weighted by molar-refractivity contribution is 5.35. The van der Waals surface area contributed by atoms with E-state index in [0.717, 1.165) is 12.5 Å². The molecule has 0 aromatic heterocycles. The maximum atomic E-state index is 3.62. The zero-order valence-corrected chi connectivity index (χ0v) is 11.9. The summed E-state index contributed by atoms with van der Waals surface area (Å²) >= 11 is 0. The number of hydrogen-bond acceptors (Lipinski definition) is 2. The van der Waals surface area contributed by atoms with Gasteiger partial charge >= 0.3 is 0 Å². The van der Waals surface area contributed by atoms with E-state index in [1.54, 1.807) is 11.1 Å². The molecule has 1 saturated heterocycles. The van der Waals surface area contributed by atoms with Crippen LogP contribution in [0.1, 0.15) is 42.4 Å². The second-order valence-corrected chi connectivity index (χ2v) is 6.12. The molecule has 1 aliphatic carbocycles. The average Bonchev–Trinajstić information content (AvgIpc) is 2.92. The topological polar surface area (TPSA) is 24.1 Å². The van der Waals surface area contributed by atoms with Gasteiger partial charge in [-0.3, -0.25) is 0 Å². The van der Waals surface area contributed by atoms with Crippen LogP contribution in [0.2, 0.25) is 0 Å². The van der Waals surface area contributed by atoms with Crippen molar-refractivity contribution in [3.63, 3.8) is 0 Å². The molecule has 1 aromatic carbocycles. The molecule has 2 heteroatoms. The van der Waals surface area contributed by atoms with Crippen molar-refractivity contribution >= 4 is 0 Å². The SMILES string of the molecule is c1cc2c(cc1CNCCC1CCNCC1)CCC2. The first-order chi connectivity index (χ1) is 9.42. The summed E-state index contributed by atoms with van der Waals surface area (Å²) in [6, 6.07) is 7.06. The molecule has 1 aromatic rings. The Bertz CT molecular complexity index is 408. The van der Waals surface area contributed by atoms with E-state index in [4.69, 9.17) is 0 Å². The van der Waals surface area contributed by atoms with Crippen molar-refractivity contribution in [1.29, 1.82) is 0 Å². The van der Waals surface area contributed by atoms with Gasteiger partial charge in [0.2, 0.25) is 0 Å². The third-order valence-corrected chi connectivity index (χ3v) is 4.68. The molecule has 104 valence electrons. The summed E-state index contributed by atoms with van der Waals surface area (Å²) in [4.78, 5) is 0. The van der Waals surface area contributed by atoms with E-state index in [0.29, 0.717) is 0 Å². The largest absolute Gasteiger partial charge is 0.317 e. The van der Waals surface area contributed by atoms with Gasteiger partial charge in [-0.15, -0.1) is 0 Å². The molecule has 1 fully saturated rings. The normalized spacial score (nSPS) is 19.6. The predicted molar refractivity (Wildman–Crippen MR) is 80.4 cm³/mol. The van der Waals surface area contributed by atoms with Crippen molar-refractivity contribution in [2.45, 2.75) is 45.1 Å². The molecular formula is C17H26N2. The van der Waals surface area contributed by atoms with Crippen molar-refractivity contribution in [2.75, 3.05) is 19.6 Å². The number of aryl methyl sites for hydroxylation is 2. The number of benzene rings is 1. The molecule has 0 amide bonds. The van der Waals surface area contributed by atoms with E-state index in [2.05, 4.69) is 28.8 Å². The Morgan fingerprint density at radius 1 is 1.11 bits per heavy atom. The molecule has 0 bridgehead atoms. The fraction of sp³-hybridized carbons (Fsp3) is 0.647. The van der Waals surface area contributed by atoms with Gasteiger partial charge in [-0.05, 0) is 80.8 Å². The molecule has 0 radical (unpaired) electrons. The summed E-state index contributed by atoms with van der Waals surface area (Å²) in [5.74, 6) is 0.939. The first kappa shape index (κ1) is 13.1. The van der Waals surface area contributed by atoms with Crippen molar-refractivity contribution in [3.8, 4) is 0 Å². The predicted octanol–water partition coefficient (Wildman–Crippen LogP) is 2.65. The Morgan fingerprint density at radius 2 is 1.95 bits per heavy atom. The molecule has 2 aliphatic rings. The number of nitrogens with one attached hydrogen (secondary N) is 2. The smallest absolute Gasteiger partial charge is 0.0205 e. The van der Waals surface area contributed by atoms with Gasteiger partial charge in [0.25, 0.3) is 0 Å². The summed E-state index contributed by atoms with van der Waals surface area (Å²) < 4.78 is 0. The zero-order valence-electron chi connectivity index (χ0n) is 11.9. The van der Waals surface area contributed by atoms with Gasteiger partial charge in [0.1, 0.15) is 0 Å². The highest BCUT2D eigenvalue weighted by atomic mass is 14.9. The van der Waals surface area contributed by atoms with E-state index in [1.165, 1.54) is 63.7 Å². The minimum absolute atomic E-state index is 0.939. The highest BCUT2D eigenvalue weighted by Crippen LogP contribution is 2.22. The van der Waals surface area contributed by atoms with Gasteiger partial charge in [0.15, 0.2) is 0 Å². The molecule has 2 nitrogen and oxygen atoms in total. The third-order valence-electron chi connectivity index (χ3n) is 4.68. The lowest BCUT2D eigenvalue weighted by Gasteiger charge is -2.22. The third kappa shape index (κ3) is 3.58. The van der Waals surface area contributed by atoms with Crippen LogP contribution in [0.25, 0.3) is 0 Å². The highest BCUT2D eigenvalue weighted by Gasteiger charge is 2.12. The van der Waals surface area contributed by atoms with Crippen LogP contribution in [0.4, 0.5) is 0 Å². The van der Waals surface area contributed by atoms with Crippen LogP contribution in [0, 0.1) is 5.92 Å². The van der Waals surface area contributed by atoms with Crippen LogP contribution in [0.5, 0.6) is 0 Å². The van der Waals surface area contributed by atoms with Crippen LogP contribution >= 0.6 is 0 Å². The van der Waals surface area contributed by atoms with E-state index in [9.17, 15) is 0 Å². The van der Waals surface area contributed by atoms with Crippen molar-refractivity contribution in [1.82, 2.24) is 10.6 Å². The molecular weight excluding hydrogens is 232 g/mol. The summed E-state index contributed by atoms with van der Waals surface area (Å²) in [7, 11) is 0. The van der Waals surface area contributed by atoms with Crippen molar-refractivity contribution < 1.29 is 0 Å². The fourth-order valence-electron chi connectivity index (χ4n) is 3.44. The molecule has 19 heavy (non-hydrogen) atoms. The van der Waals surface area contributed by atoms with Gasteiger partial charge in [-0.1, -0.05) is 18.2 Å². The summed E-state index contributed by atoms with van der Waals surface area (Å²) in [5, 5.41) is 7.05. The van der Waals surface area contributed by atoms with E-state index >= 15 is 0 Å². The van der Waals surface area contributed by atoms with Gasteiger partial charge < -0.3 is 10.6 Å². The van der Waals surface area contributed by atoms with Gasteiger partial charge in [-0.2, -0.15) is 0 Å². The fourth-order valence-corrected chi connectivity index (χ4v) is 3.44. The van der Waals surface area contributed by atoms with Crippen molar-refractivity contribution in [2.24, 2.45) is 5.92 Å². The second kappa shape index (κ2) is 6.53. The Labute approximate surface area is 117 Å². The molecule has 2 N–H and O–H groups in total. The zero-order chi connectivity index (χ0) is 12.9. The van der Waals surface area contributed by atoms with Crippen LogP contribution in [-0.4, -0.2) is 19.6 Å². The lowest BCUT2D eigenvalue weighted by Crippen LogP contribution is -2.29. The van der Waals surface area contributed by atoms with Gasteiger partial charge in [-0.25, -0.2) is 0 Å². The first-order valence-electron chi connectivity index (χ1n) is 7.94. The summed E-state index contributed by atoms with van der Waals surface area (Å²) in [6.07, 6.45) is 7.99. The van der Waals surface area contributed by atoms with Crippen LogP contribution in [0.15, 0.2) is 18.2 Å².